The normalized spacial score (nSPS) is 31.1. The Balaban J connectivity index is 1.44. The molecule has 1 fully saturated rings. The van der Waals surface area contributed by atoms with Crippen LogP contribution in [0.5, 0.6) is 5.75 Å². The smallest absolute Gasteiger partial charge is 0.255 e. The van der Waals surface area contributed by atoms with Crippen LogP contribution in [0.25, 0.3) is 0 Å². The van der Waals surface area contributed by atoms with E-state index in [1.165, 1.54) is 19.0 Å². The van der Waals surface area contributed by atoms with E-state index in [1.807, 2.05) is 4.90 Å². The van der Waals surface area contributed by atoms with Gasteiger partial charge in [0.2, 0.25) is 5.78 Å². The monoisotopic (exact) mass is 635 g/mol. The van der Waals surface area contributed by atoms with Crippen molar-refractivity contribution in [2.45, 2.75) is 43.4 Å². The van der Waals surface area contributed by atoms with Gasteiger partial charge in [0.25, 0.3) is 12.3 Å². The number of nitrogens with two attached hydrogens (primary N) is 1. The van der Waals surface area contributed by atoms with Crippen molar-refractivity contribution in [2.75, 3.05) is 52.1 Å². The zero-order valence-electron chi connectivity index (χ0n) is 24.7. The predicted molar refractivity (Wildman–Crippen MR) is 153 cm³/mol. The molecule has 0 radical (unpaired) electrons. The summed E-state index contributed by atoms with van der Waals surface area (Å²) in [6.45, 7) is 1.08. The zero-order valence-corrected chi connectivity index (χ0v) is 24.7. The molecule has 1 amide bonds. The van der Waals surface area contributed by atoms with Crippen LogP contribution in [0.2, 0.25) is 0 Å². The van der Waals surface area contributed by atoms with E-state index in [-0.39, 0.29) is 47.7 Å². The van der Waals surface area contributed by atoms with Crippen molar-refractivity contribution in [2.24, 2.45) is 23.5 Å². The lowest BCUT2D eigenvalue weighted by Crippen LogP contribution is -2.63. The van der Waals surface area contributed by atoms with Crippen molar-refractivity contribution in [3.63, 3.8) is 0 Å². The van der Waals surface area contributed by atoms with E-state index in [4.69, 9.17) is 5.73 Å². The summed E-state index contributed by atoms with van der Waals surface area (Å²) in [5.41, 5.74) is 1.01. The second-order valence-corrected chi connectivity index (χ2v) is 12.8. The van der Waals surface area contributed by atoms with Gasteiger partial charge in [0.15, 0.2) is 17.1 Å². The molecule has 244 valence electrons. The van der Waals surface area contributed by atoms with Gasteiger partial charge in [-0.15, -0.1) is 0 Å². The number of phenols is 1. The van der Waals surface area contributed by atoms with Crippen LogP contribution in [-0.4, -0.2) is 113 Å². The molecule has 0 spiro atoms. The van der Waals surface area contributed by atoms with Gasteiger partial charge in [-0.05, 0) is 51.7 Å². The summed E-state index contributed by atoms with van der Waals surface area (Å²) in [6.07, 6.45) is -2.13. The summed E-state index contributed by atoms with van der Waals surface area (Å²) in [5.74, 6) is -8.76. The number of Topliss-reactive ketones (excluding diaryl/α,β-unsaturated/α-hetero) is 2. The number of rotatable bonds is 7. The van der Waals surface area contributed by atoms with Crippen LogP contribution in [0.4, 0.5) is 18.9 Å². The maximum absolute atomic E-state index is 16.7. The number of allylic oxidation sites excluding steroid dienone is 1. The lowest BCUT2D eigenvalue weighted by molar-refractivity contribution is -0.148. The Kier molecular flexibility index (Phi) is 7.66. The lowest BCUT2D eigenvalue weighted by Gasteiger charge is -2.50. The molecule has 2 unspecified atom stereocenters. The summed E-state index contributed by atoms with van der Waals surface area (Å²) in [5, 5.41) is 51.3. The molecule has 1 aromatic carbocycles. The van der Waals surface area contributed by atoms with Gasteiger partial charge in [0, 0.05) is 48.3 Å². The Labute approximate surface area is 256 Å². The third kappa shape index (κ3) is 4.46. The van der Waals surface area contributed by atoms with E-state index in [0.29, 0.717) is 26.1 Å². The molecule has 0 aromatic heterocycles. The Morgan fingerprint density at radius 2 is 1.96 bits per heavy atom. The highest BCUT2D eigenvalue weighted by Crippen LogP contribution is 2.56. The van der Waals surface area contributed by atoms with Crippen LogP contribution < -0.4 is 16.4 Å². The first-order valence-electron chi connectivity index (χ1n) is 14.9. The van der Waals surface area contributed by atoms with Crippen LogP contribution in [0, 0.1) is 23.6 Å². The highest BCUT2D eigenvalue weighted by atomic mass is 19.3. The molecule has 12 nitrogen and oxygen atoms in total. The van der Waals surface area contributed by atoms with Gasteiger partial charge >= 0.3 is 0 Å². The predicted octanol–water partition coefficient (Wildman–Crippen LogP) is 0.903. The van der Waals surface area contributed by atoms with E-state index in [1.54, 1.807) is 0 Å². The molecule has 6 rings (SSSR count). The Hall–Kier alpha value is -3.66. The van der Waals surface area contributed by atoms with Crippen molar-refractivity contribution < 1.29 is 48.0 Å². The average molecular weight is 636 g/mol. The Morgan fingerprint density at radius 3 is 2.60 bits per heavy atom. The van der Waals surface area contributed by atoms with E-state index >= 15 is 4.39 Å². The Morgan fingerprint density at radius 1 is 1.24 bits per heavy atom. The van der Waals surface area contributed by atoms with Crippen molar-refractivity contribution in [3.8, 4) is 5.75 Å². The van der Waals surface area contributed by atoms with E-state index in [9.17, 15) is 43.6 Å². The first-order valence-corrected chi connectivity index (χ1v) is 14.9. The molecule has 2 aliphatic heterocycles. The summed E-state index contributed by atoms with van der Waals surface area (Å²) in [4.78, 5) is 43.1. The van der Waals surface area contributed by atoms with Crippen molar-refractivity contribution in [1.82, 2.24) is 15.1 Å². The van der Waals surface area contributed by atoms with Crippen molar-refractivity contribution in [1.29, 1.82) is 0 Å². The standard InChI is InChI=1S/C30H36F3N5O7/c1-37(2)23-14-8-12-7-13-17(24(39)16(12)27(42)30(14,45)28(43)19(26(23)41)29(34)44)25(40)21-18(20(13)33)22-11(9-36-21)3-5-38(22)6-4-35-10-15(31)32/h11-12,14-15,22-23,35-36,40-42,45H,3-10H2,1-2H3,(H2,34,44)/t11?,12-,14-,22?,23-,30-/m0/s1. The molecule has 15 heteroatoms. The number of carbonyl (C=O) groups excluding carboxylic acids is 3. The largest absolute Gasteiger partial charge is 0.510 e. The number of hydrogen-bond acceptors (Lipinski definition) is 11. The topological polar surface area (TPSA) is 189 Å². The number of fused-ring (bicyclic) bond motifs is 6. The van der Waals surface area contributed by atoms with E-state index < -0.39 is 94.2 Å². The number of anilines is 1. The number of benzene rings is 1. The molecular weight excluding hydrogens is 599 g/mol. The number of likely N-dealkylation sites (N-methyl/N-ethyl adjacent to an activating group) is 1. The summed E-state index contributed by atoms with van der Waals surface area (Å²) >= 11 is 0. The molecule has 8 N–H and O–H groups in total. The number of likely N-dealkylation sites (tertiary alicyclic amines) is 1. The highest BCUT2D eigenvalue weighted by molar-refractivity contribution is 6.25. The number of halogens is 3. The fourth-order valence-electron chi connectivity index (χ4n) is 8.30. The minimum Gasteiger partial charge on any atom is -0.510 e. The van der Waals surface area contributed by atoms with Crippen molar-refractivity contribution >= 4 is 23.2 Å². The van der Waals surface area contributed by atoms with E-state index in [0.717, 1.165) is 0 Å². The fraction of sp³-hybridized carbons (Fsp3) is 0.567. The van der Waals surface area contributed by atoms with Crippen molar-refractivity contribution in [3.05, 3.63) is 45.2 Å². The first-order chi connectivity index (χ1) is 21.2. The first kappa shape index (κ1) is 31.3. The number of aliphatic hydroxyl groups is 3. The molecule has 0 bridgehead atoms. The fourth-order valence-corrected chi connectivity index (χ4v) is 8.30. The number of aliphatic hydroxyl groups excluding tert-OH is 2. The number of amides is 1. The van der Waals surface area contributed by atoms with E-state index in [2.05, 4.69) is 10.6 Å². The third-order valence-electron chi connectivity index (χ3n) is 10.2. The van der Waals surface area contributed by atoms with Gasteiger partial charge in [-0.1, -0.05) is 0 Å². The summed E-state index contributed by atoms with van der Waals surface area (Å²) in [7, 11) is 3.05. The summed E-state index contributed by atoms with van der Waals surface area (Å²) in [6, 6.07) is -1.64. The van der Waals surface area contributed by atoms with Crippen LogP contribution in [-0.2, 0) is 16.0 Å². The lowest BCUT2D eigenvalue weighted by atomic mass is 9.58. The molecule has 3 aliphatic carbocycles. The number of alkyl halides is 2. The molecule has 2 heterocycles. The highest BCUT2D eigenvalue weighted by Gasteiger charge is 2.63. The molecule has 1 saturated heterocycles. The second-order valence-electron chi connectivity index (χ2n) is 12.8. The minimum absolute atomic E-state index is 0.0181. The third-order valence-corrected chi connectivity index (χ3v) is 10.2. The maximum atomic E-state index is 16.7. The number of phenolic OH excluding ortho intramolecular Hbond substituents is 1. The average Bonchev–Trinajstić information content (AvgIpc) is 3.38. The van der Waals surface area contributed by atoms with Crippen LogP contribution in [0.3, 0.4) is 0 Å². The molecule has 45 heavy (non-hydrogen) atoms. The molecule has 5 aliphatic rings. The van der Waals surface area contributed by atoms with Crippen LogP contribution in [0.15, 0.2) is 22.7 Å². The van der Waals surface area contributed by atoms with Crippen LogP contribution in [0.1, 0.15) is 40.4 Å². The zero-order chi connectivity index (χ0) is 32.7. The number of hydrogen-bond donors (Lipinski definition) is 7. The maximum Gasteiger partial charge on any atom is 0.255 e. The number of nitrogens with one attached hydrogen (secondary N) is 2. The SMILES string of the molecule is CN(C)[C@@H]1C(O)=C(C(N)=O)C(=O)[C@@]2(O)C(O)=C3C(=O)c4c(O)c5c(c(F)c4C[C@H]3C[C@@H]12)C1C(CCN1CCNCC(F)F)CN5. The van der Waals surface area contributed by atoms with Gasteiger partial charge in [0.05, 0.1) is 23.8 Å². The molecule has 6 atom stereocenters. The second kappa shape index (κ2) is 11.0. The Bertz CT molecular complexity index is 1560. The number of aromatic hydroxyl groups is 1. The van der Waals surface area contributed by atoms with Crippen LogP contribution >= 0.6 is 0 Å². The van der Waals surface area contributed by atoms with Gasteiger partial charge < -0.3 is 36.8 Å². The number of nitrogens with zero attached hydrogens (tertiary/aromatic N) is 2. The molecular formula is C30H36F3N5O7. The number of primary amides is 1. The van der Waals surface area contributed by atoms with Gasteiger partial charge in [-0.25, -0.2) is 13.2 Å². The van der Waals surface area contributed by atoms with Gasteiger partial charge in [0.1, 0.15) is 22.9 Å². The minimum atomic E-state index is -2.79. The van der Waals surface area contributed by atoms with Gasteiger partial charge in [-0.2, -0.15) is 0 Å². The molecule has 0 saturated carbocycles. The summed E-state index contributed by atoms with van der Waals surface area (Å²) < 4.78 is 41.9. The van der Waals surface area contributed by atoms with Gasteiger partial charge in [-0.3, -0.25) is 24.2 Å². The quantitative estimate of drug-likeness (QED) is 0.128. The molecule has 1 aromatic rings. The number of ketones is 2. The number of carbonyl (C=O) groups is 3.